The second-order valence-corrected chi connectivity index (χ2v) is 4.60. The lowest BCUT2D eigenvalue weighted by atomic mass is 10.2. The molecular weight excluding hydrogens is 279 g/mol. The van der Waals surface area contributed by atoms with Crippen molar-refractivity contribution in [3.63, 3.8) is 0 Å². The van der Waals surface area contributed by atoms with Gasteiger partial charge in [0.1, 0.15) is 0 Å². The van der Waals surface area contributed by atoms with Gasteiger partial charge in [-0.15, -0.1) is 0 Å². The van der Waals surface area contributed by atoms with E-state index >= 15 is 0 Å². The SMILES string of the molecule is Cc1cc(OCC(=O)c2ccn(C)c2)c(F)cc1[N+](=O)[O-]. The number of hydrogen-bond acceptors (Lipinski definition) is 4. The highest BCUT2D eigenvalue weighted by Crippen LogP contribution is 2.27. The number of ketones is 1. The summed E-state index contributed by atoms with van der Waals surface area (Å²) in [5, 5.41) is 10.7. The minimum atomic E-state index is -0.867. The van der Waals surface area contributed by atoms with Crippen molar-refractivity contribution in [1.82, 2.24) is 4.57 Å². The van der Waals surface area contributed by atoms with Gasteiger partial charge in [0.25, 0.3) is 5.69 Å². The highest BCUT2D eigenvalue weighted by atomic mass is 19.1. The largest absolute Gasteiger partial charge is 0.482 e. The van der Waals surface area contributed by atoms with Gasteiger partial charge in [0.2, 0.25) is 5.78 Å². The van der Waals surface area contributed by atoms with Crippen LogP contribution in [0.1, 0.15) is 15.9 Å². The van der Waals surface area contributed by atoms with Crippen LogP contribution >= 0.6 is 0 Å². The summed E-state index contributed by atoms with van der Waals surface area (Å²) in [5.41, 5.74) is 0.398. The first-order chi connectivity index (χ1) is 9.88. The smallest absolute Gasteiger partial charge is 0.275 e. The number of Topliss-reactive ketones (excluding diaryl/α,β-unsaturated/α-hetero) is 1. The van der Waals surface area contributed by atoms with Crippen molar-refractivity contribution in [1.29, 1.82) is 0 Å². The van der Waals surface area contributed by atoms with Gasteiger partial charge in [-0.25, -0.2) is 4.39 Å². The summed E-state index contributed by atoms with van der Waals surface area (Å²) >= 11 is 0. The fraction of sp³-hybridized carbons (Fsp3) is 0.214. The number of rotatable bonds is 5. The van der Waals surface area contributed by atoms with E-state index in [0.717, 1.165) is 6.07 Å². The molecule has 0 N–H and O–H groups in total. The lowest BCUT2D eigenvalue weighted by Gasteiger charge is -2.07. The third-order valence-electron chi connectivity index (χ3n) is 2.96. The van der Waals surface area contributed by atoms with E-state index in [4.69, 9.17) is 4.74 Å². The Labute approximate surface area is 119 Å². The van der Waals surface area contributed by atoms with E-state index in [1.807, 2.05) is 0 Å². The van der Waals surface area contributed by atoms with Crippen LogP contribution in [0.3, 0.4) is 0 Å². The minimum absolute atomic E-state index is 0.178. The van der Waals surface area contributed by atoms with E-state index in [-0.39, 0.29) is 29.4 Å². The summed E-state index contributed by atoms with van der Waals surface area (Å²) in [6, 6.07) is 3.63. The minimum Gasteiger partial charge on any atom is -0.482 e. The van der Waals surface area contributed by atoms with Gasteiger partial charge < -0.3 is 9.30 Å². The fourth-order valence-electron chi connectivity index (χ4n) is 1.85. The number of halogens is 1. The molecule has 6 nitrogen and oxygen atoms in total. The Morgan fingerprint density at radius 3 is 2.76 bits per heavy atom. The number of aromatic nitrogens is 1. The van der Waals surface area contributed by atoms with E-state index in [2.05, 4.69) is 0 Å². The Balaban J connectivity index is 2.12. The maximum Gasteiger partial charge on any atom is 0.275 e. The highest BCUT2D eigenvalue weighted by Gasteiger charge is 2.17. The average Bonchev–Trinajstić information content (AvgIpc) is 2.85. The monoisotopic (exact) mass is 292 g/mol. The Morgan fingerprint density at radius 2 is 2.19 bits per heavy atom. The highest BCUT2D eigenvalue weighted by molar-refractivity contribution is 5.97. The standard InChI is InChI=1S/C14H13FN2O4/c1-9-5-14(11(15)6-12(9)17(19)20)21-8-13(18)10-3-4-16(2)7-10/h3-7H,8H2,1-2H3. The van der Waals surface area contributed by atoms with Gasteiger partial charge in [-0.3, -0.25) is 14.9 Å². The fourth-order valence-corrected chi connectivity index (χ4v) is 1.85. The number of carbonyl (C=O) groups excluding carboxylic acids is 1. The molecule has 1 aromatic heterocycles. The molecule has 0 aliphatic heterocycles. The number of nitrogens with zero attached hydrogens (tertiary/aromatic N) is 2. The third-order valence-corrected chi connectivity index (χ3v) is 2.96. The molecule has 7 heteroatoms. The molecule has 0 saturated carbocycles. The predicted octanol–water partition coefficient (Wildman–Crippen LogP) is 2.64. The second-order valence-electron chi connectivity index (χ2n) is 4.60. The van der Waals surface area contributed by atoms with Crippen LogP contribution in [0.2, 0.25) is 0 Å². The normalized spacial score (nSPS) is 10.4. The van der Waals surface area contributed by atoms with Crippen molar-refractivity contribution >= 4 is 11.5 Å². The molecular formula is C14H13FN2O4. The molecule has 21 heavy (non-hydrogen) atoms. The van der Waals surface area contributed by atoms with Crippen molar-refractivity contribution in [2.75, 3.05) is 6.61 Å². The maximum atomic E-state index is 13.7. The summed E-state index contributed by atoms with van der Waals surface area (Å²) in [5.74, 6) is -1.35. The Kier molecular flexibility index (Phi) is 4.02. The van der Waals surface area contributed by atoms with E-state index in [1.165, 1.54) is 13.0 Å². The number of hydrogen-bond donors (Lipinski definition) is 0. The number of nitro benzene ring substituents is 1. The summed E-state index contributed by atoms with van der Waals surface area (Å²) in [4.78, 5) is 21.8. The van der Waals surface area contributed by atoms with Gasteiger partial charge in [-0.1, -0.05) is 0 Å². The molecule has 1 aromatic carbocycles. The first kappa shape index (κ1) is 14.7. The molecule has 0 radical (unpaired) electrons. The molecule has 0 amide bonds. The lowest BCUT2D eigenvalue weighted by molar-refractivity contribution is -0.385. The molecule has 0 spiro atoms. The number of aryl methyl sites for hydroxylation is 2. The van der Waals surface area contributed by atoms with Crippen molar-refractivity contribution in [2.24, 2.45) is 7.05 Å². The number of benzene rings is 1. The molecule has 0 bridgehead atoms. The Hall–Kier alpha value is -2.70. The zero-order valence-corrected chi connectivity index (χ0v) is 11.5. The van der Waals surface area contributed by atoms with E-state index in [9.17, 15) is 19.3 Å². The van der Waals surface area contributed by atoms with Gasteiger partial charge in [0.05, 0.1) is 11.0 Å². The van der Waals surface area contributed by atoms with Crippen LogP contribution in [0.15, 0.2) is 30.6 Å². The van der Waals surface area contributed by atoms with Crippen LogP contribution < -0.4 is 4.74 Å². The van der Waals surface area contributed by atoms with Crippen LogP contribution in [0.25, 0.3) is 0 Å². The molecule has 2 rings (SSSR count). The van der Waals surface area contributed by atoms with Crippen LogP contribution in [0.4, 0.5) is 10.1 Å². The average molecular weight is 292 g/mol. The van der Waals surface area contributed by atoms with Crippen LogP contribution in [-0.2, 0) is 7.05 Å². The topological polar surface area (TPSA) is 74.4 Å². The van der Waals surface area contributed by atoms with Crippen molar-refractivity contribution in [2.45, 2.75) is 6.92 Å². The van der Waals surface area contributed by atoms with E-state index < -0.39 is 10.7 Å². The molecule has 1 heterocycles. The zero-order valence-electron chi connectivity index (χ0n) is 11.5. The van der Waals surface area contributed by atoms with Crippen molar-refractivity contribution in [3.8, 4) is 5.75 Å². The summed E-state index contributed by atoms with van der Waals surface area (Å²) in [6.45, 7) is 1.14. The molecule has 0 saturated heterocycles. The molecule has 0 atom stereocenters. The number of nitro groups is 1. The van der Waals surface area contributed by atoms with E-state index in [1.54, 1.807) is 30.1 Å². The number of ether oxygens (including phenoxy) is 1. The molecule has 0 unspecified atom stereocenters. The quantitative estimate of drug-likeness (QED) is 0.482. The zero-order chi connectivity index (χ0) is 15.6. The predicted molar refractivity (Wildman–Crippen MR) is 73.0 cm³/mol. The van der Waals surface area contributed by atoms with Crippen LogP contribution in [0, 0.1) is 22.9 Å². The van der Waals surface area contributed by atoms with Crippen molar-refractivity contribution < 1.29 is 18.8 Å². The van der Waals surface area contributed by atoms with Gasteiger partial charge in [0, 0.05) is 30.6 Å². The maximum absolute atomic E-state index is 13.7. The molecule has 110 valence electrons. The van der Waals surface area contributed by atoms with Gasteiger partial charge in [-0.05, 0) is 19.1 Å². The second kappa shape index (κ2) is 5.74. The van der Waals surface area contributed by atoms with Gasteiger partial charge >= 0.3 is 0 Å². The Morgan fingerprint density at radius 1 is 1.48 bits per heavy atom. The summed E-state index contributed by atoms with van der Waals surface area (Å²) in [6.07, 6.45) is 3.34. The van der Waals surface area contributed by atoms with Crippen LogP contribution in [0.5, 0.6) is 5.75 Å². The van der Waals surface area contributed by atoms with Crippen molar-refractivity contribution in [3.05, 3.63) is 57.7 Å². The molecule has 0 aliphatic rings. The first-order valence-corrected chi connectivity index (χ1v) is 6.11. The third kappa shape index (κ3) is 3.25. The van der Waals surface area contributed by atoms with Gasteiger partial charge in [0.15, 0.2) is 18.2 Å². The molecule has 0 fully saturated rings. The Bertz CT molecular complexity index is 709. The molecule has 2 aromatic rings. The van der Waals surface area contributed by atoms with Gasteiger partial charge in [-0.2, -0.15) is 0 Å². The lowest BCUT2D eigenvalue weighted by Crippen LogP contribution is -2.12. The number of carbonyl (C=O) groups is 1. The summed E-state index contributed by atoms with van der Waals surface area (Å²) in [7, 11) is 1.77. The van der Waals surface area contributed by atoms with Crippen LogP contribution in [-0.4, -0.2) is 21.9 Å². The summed E-state index contributed by atoms with van der Waals surface area (Å²) < 4.78 is 20.5. The first-order valence-electron chi connectivity index (χ1n) is 6.11. The van der Waals surface area contributed by atoms with E-state index in [0.29, 0.717) is 5.56 Å². The molecule has 0 aliphatic carbocycles.